The Morgan fingerprint density at radius 3 is 2.74 bits per heavy atom. The highest BCUT2D eigenvalue weighted by Gasteiger charge is 2.24. The molecule has 0 radical (unpaired) electrons. The molecule has 0 saturated carbocycles. The number of hydrogen-bond donors (Lipinski definition) is 2. The van der Waals surface area contributed by atoms with Crippen molar-refractivity contribution >= 4 is 17.5 Å². The minimum Gasteiger partial charge on any atom is -0.487 e. The van der Waals surface area contributed by atoms with Crippen LogP contribution < -0.4 is 10.1 Å². The molecule has 3 aromatic rings. The summed E-state index contributed by atoms with van der Waals surface area (Å²) in [4.78, 5) is 28.1. The molecule has 0 aliphatic carbocycles. The second kappa shape index (κ2) is 7.90. The lowest BCUT2D eigenvalue weighted by Gasteiger charge is -2.18. The van der Waals surface area contributed by atoms with Crippen molar-refractivity contribution in [2.45, 2.75) is 26.5 Å². The first-order chi connectivity index (χ1) is 12.9. The molecule has 0 fully saturated rings. The van der Waals surface area contributed by atoms with E-state index in [0.717, 1.165) is 11.3 Å². The van der Waals surface area contributed by atoms with Crippen molar-refractivity contribution in [3.63, 3.8) is 0 Å². The van der Waals surface area contributed by atoms with Crippen LogP contribution in [0.1, 0.15) is 29.9 Å². The first-order valence-electron chi connectivity index (χ1n) is 8.63. The van der Waals surface area contributed by atoms with Crippen LogP contribution in [0.4, 0.5) is 0 Å². The Hall–Kier alpha value is -3.35. The number of pyridine rings is 1. The van der Waals surface area contributed by atoms with Gasteiger partial charge in [0.15, 0.2) is 0 Å². The molecule has 0 aliphatic rings. The molecule has 1 atom stereocenters. The van der Waals surface area contributed by atoms with Gasteiger partial charge >= 0.3 is 5.97 Å². The van der Waals surface area contributed by atoms with E-state index < -0.39 is 17.9 Å². The predicted molar refractivity (Wildman–Crippen MR) is 99.7 cm³/mol. The Balaban J connectivity index is 1.67. The van der Waals surface area contributed by atoms with Crippen molar-refractivity contribution in [1.82, 2.24) is 14.7 Å². The van der Waals surface area contributed by atoms with Crippen molar-refractivity contribution in [3.8, 4) is 5.75 Å². The zero-order chi connectivity index (χ0) is 19.4. The minimum atomic E-state index is -1.06. The summed E-state index contributed by atoms with van der Waals surface area (Å²) in [6.07, 6.45) is 3.79. The Bertz CT molecular complexity index is 932. The summed E-state index contributed by atoms with van der Waals surface area (Å²) in [5.74, 6) is -1.22. The number of carboxylic acid groups (broad SMARTS) is 1. The van der Waals surface area contributed by atoms with Gasteiger partial charge in [0.25, 0.3) is 5.91 Å². The Morgan fingerprint density at radius 1 is 1.22 bits per heavy atom. The first-order valence-corrected chi connectivity index (χ1v) is 8.63. The maximum absolute atomic E-state index is 12.4. The van der Waals surface area contributed by atoms with Gasteiger partial charge in [0.1, 0.15) is 24.0 Å². The molecule has 2 N–H and O–H groups in total. The lowest BCUT2D eigenvalue weighted by molar-refractivity contribution is -0.140. The molecule has 0 aliphatic heterocycles. The van der Waals surface area contributed by atoms with Gasteiger partial charge in [0.2, 0.25) is 0 Å². The van der Waals surface area contributed by atoms with Gasteiger partial charge in [-0.2, -0.15) is 0 Å². The lowest BCUT2D eigenvalue weighted by Crippen LogP contribution is -2.44. The molecule has 1 amide bonds. The predicted octanol–water partition coefficient (Wildman–Crippen LogP) is 2.75. The molecule has 7 nitrogen and oxygen atoms in total. The number of amides is 1. The Morgan fingerprint density at radius 2 is 2.04 bits per heavy atom. The summed E-state index contributed by atoms with van der Waals surface area (Å²) in [7, 11) is 0. The number of rotatable bonds is 7. The van der Waals surface area contributed by atoms with E-state index in [2.05, 4.69) is 10.3 Å². The molecule has 2 heterocycles. The molecule has 7 heteroatoms. The second-order valence-electron chi connectivity index (χ2n) is 6.55. The number of aliphatic carboxylic acids is 1. The number of ether oxygens (including phenoxy) is 1. The van der Waals surface area contributed by atoms with E-state index in [9.17, 15) is 14.7 Å². The number of carbonyl (C=O) groups is 2. The SMILES string of the molecule is CC(C)[C@@H](NC(=O)c1cccc(OCc2cn3ccccc3n2)c1)C(=O)O. The van der Waals surface area contributed by atoms with Crippen LogP contribution in [0.5, 0.6) is 5.75 Å². The normalized spacial score (nSPS) is 12.1. The molecule has 3 rings (SSSR count). The third-order valence-corrected chi connectivity index (χ3v) is 4.12. The van der Waals surface area contributed by atoms with Crippen LogP contribution in [0, 0.1) is 5.92 Å². The van der Waals surface area contributed by atoms with Gasteiger partial charge in [-0.1, -0.05) is 26.0 Å². The minimum absolute atomic E-state index is 0.221. The monoisotopic (exact) mass is 367 g/mol. The highest BCUT2D eigenvalue weighted by molar-refractivity contribution is 5.96. The summed E-state index contributed by atoms with van der Waals surface area (Å²) < 4.78 is 7.64. The van der Waals surface area contributed by atoms with E-state index in [0.29, 0.717) is 11.3 Å². The van der Waals surface area contributed by atoms with Crippen LogP contribution >= 0.6 is 0 Å². The molecule has 27 heavy (non-hydrogen) atoms. The fourth-order valence-corrected chi connectivity index (χ4v) is 2.68. The number of aromatic nitrogens is 2. The summed E-state index contributed by atoms with van der Waals surface area (Å²) in [5.41, 5.74) is 1.94. The molecule has 140 valence electrons. The molecule has 2 aromatic heterocycles. The average Bonchev–Trinajstić information content (AvgIpc) is 3.07. The highest BCUT2D eigenvalue weighted by Crippen LogP contribution is 2.16. The Labute approximate surface area is 156 Å². The number of nitrogens with one attached hydrogen (secondary N) is 1. The standard InChI is InChI=1S/C20H21N3O4/c1-13(2)18(20(25)26)22-19(24)14-6-5-7-16(10-14)27-12-15-11-23-9-4-3-8-17(23)21-15/h3-11,13,18H,12H2,1-2H3,(H,22,24)(H,25,26)/t18-/m1/s1. The van der Waals surface area contributed by atoms with E-state index in [4.69, 9.17) is 4.74 Å². The fraction of sp³-hybridized carbons (Fsp3) is 0.250. The highest BCUT2D eigenvalue weighted by atomic mass is 16.5. The molecule has 0 bridgehead atoms. The van der Waals surface area contributed by atoms with E-state index in [1.165, 1.54) is 0 Å². The van der Waals surface area contributed by atoms with Gasteiger partial charge < -0.3 is 19.6 Å². The second-order valence-corrected chi connectivity index (χ2v) is 6.55. The van der Waals surface area contributed by atoms with Crippen LogP contribution in [-0.4, -0.2) is 32.4 Å². The number of carbonyl (C=O) groups excluding carboxylic acids is 1. The summed E-state index contributed by atoms with van der Waals surface area (Å²) in [6, 6.07) is 11.4. The first kappa shape index (κ1) is 18.4. The topological polar surface area (TPSA) is 92.9 Å². The number of nitrogens with zero attached hydrogens (tertiary/aromatic N) is 2. The maximum atomic E-state index is 12.4. The number of hydrogen-bond acceptors (Lipinski definition) is 4. The van der Waals surface area contributed by atoms with Gasteiger partial charge in [0, 0.05) is 18.0 Å². The lowest BCUT2D eigenvalue weighted by atomic mass is 10.0. The van der Waals surface area contributed by atoms with E-state index in [-0.39, 0.29) is 12.5 Å². The zero-order valence-electron chi connectivity index (χ0n) is 15.1. The number of imidazole rings is 1. The van der Waals surface area contributed by atoms with Crippen molar-refractivity contribution in [3.05, 3.63) is 66.1 Å². The molecule has 1 aromatic carbocycles. The van der Waals surface area contributed by atoms with Crippen molar-refractivity contribution in [2.24, 2.45) is 5.92 Å². The third-order valence-electron chi connectivity index (χ3n) is 4.12. The summed E-state index contributed by atoms with van der Waals surface area (Å²) in [6.45, 7) is 3.75. The van der Waals surface area contributed by atoms with Crippen molar-refractivity contribution < 1.29 is 19.4 Å². The Kier molecular flexibility index (Phi) is 5.40. The zero-order valence-corrected chi connectivity index (χ0v) is 15.1. The maximum Gasteiger partial charge on any atom is 0.326 e. The van der Waals surface area contributed by atoms with Gasteiger partial charge in [-0.15, -0.1) is 0 Å². The van der Waals surface area contributed by atoms with E-state index in [1.807, 2.05) is 35.0 Å². The largest absolute Gasteiger partial charge is 0.487 e. The van der Waals surface area contributed by atoms with Crippen LogP contribution in [0.3, 0.4) is 0 Å². The van der Waals surface area contributed by atoms with Gasteiger partial charge in [-0.3, -0.25) is 4.79 Å². The quantitative estimate of drug-likeness (QED) is 0.670. The van der Waals surface area contributed by atoms with E-state index in [1.54, 1.807) is 38.1 Å². The number of fused-ring (bicyclic) bond motifs is 1. The summed E-state index contributed by atoms with van der Waals surface area (Å²) >= 11 is 0. The van der Waals surface area contributed by atoms with Crippen LogP contribution in [-0.2, 0) is 11.4 Å². The van der Waals surface area contributed by atoms with Gasteiger partial charge in [-0.05, 0) is 36.2 Å². The number of carboxylic acids is 1. The smallest absolute Gasteiger partial charge is 0.326 e. The van der Waals surface area contributed by atoms with Gasteiger partial charge in [0.05, 0.1) is 5.69 Å². The third kappa shape index (κ3) is 4.44. The van der Waals surface area contributed by atoms with E-state index >= 15 is 0 Å². The molecule has 0 unspecified atom stereocenters. The molecule has 0 spiro atoms. The number of benzene rings is 1. The van der Waals surface area contributed by atoms with Crippen molar-refractivity contribution in [2.75, 3.05) is 0 Å². The van der Waals surface area contributed by atoms with Crippen LogP contribution in [0.15, 0.2) is 54.9 Å². The molecule has 0 saturated heterocycles. The van der Waals surface area contributed by atoms with Gasteiger partial charge in [-0.25, -0.2) is 9.78 Å². The van der Waals surface area contributed by atoms with Crippen LogP contribution in [0.2, 0.25) is 0 Å². The molecular weight excluding hydrogens is 346 g/mol. The summed E-state index contributed by atoms with van der Waals surface area (Å²) in [5, 5.41) is 11.8. The van der Waals surface area contributed by atoms with Crippen molar-refractivity contribution in [1.29, 1.82) is 0 Å². The van der Waals surface area contributed by atoms with Crippen LogP contribution in [0.25, 0.3) is 5.65 Å². The average molecular weight is 367 g/mol. The fourth-order valence-electron chi connectivity index (χ4n) is 2.68. The molecular formula is C20H21N3O4.